The van der Waals surface area contributed by atoms with E-state index in [1.165, 1.54) is 21.1 Å². The molecule has 124 valence electrons. The summed E-state index contributed by atoms with van der Waals surface area (Å²) < 4.78 is 1.97. The molecule has 24 heavy (non-hydrogen) atoms. The number of thioether (sulfide) groups is 1. The molecule has 8 heteroatoms. The lowest BCUT2D eigenvalue weighted by molar-refractivity contribution is -0.121. The number of thiocarbonyl (C=S) groups is 1. The van der Waals surface area contributed by atoms with Gasteiger partial charge in [-0.15, -0.1) is 0 Å². The van der Waals surface area contributed by atoms with Crippen LogP contribution in [0.5, 0.6) is 0 Å². The summed E-state index contributed by atoms with van der Waals surface area (Å²) in [5, 5.41) is 3.10. The van der Waals surface area contributed by atoms with Crippen LogP contribution in [0.1, 0.15) is 18.1 Å². The van der Waals surface area contributed by atoms with Gasteiger partial charge >= 0.3 is 0 Å². The van der Waals surface area contributed by atoms with Gasteiger partial charge in [0.15, 0.2) is 0 Å². The third-order valence-electron chi connectivity index (χ3n) is 3.61. The average molecular weight is 360 g/mol. The van der Waals surface area contributed by atoms with E-state index in [0.717, 1.165) is 5.56 Å². The van der Waals surface area contributed by atoms with E-state index in [4.69, 9.17) is 12.2 Å². The van der Waals surface area contributed by atoms with Crippen molar-refractivity contribution in [2.75, 3.05) is 18.9 Å². The lowest BCUT2D eigenvalue weighted by Crippen LogP contribution is -2.23. The van der Waals surface area contributed by atoms with E-state index in [0.29, 0.717) is 32.8 Å². The highest BCUT2D eigenvalue weighted by Gasteiger charge is 2.29. The molecule has 0 radical (unpaired) electrons. The molecule has 0 spiro atoms. The van der Waals surface area contributed by atoms with E-state index in [1.807, 2.05) is 19.9 Å². The second-order valence-corrected chi connectivity index (χ2v) is 7.06. The Balaban J connectivity index is 2.24. The molecule has 6 nitrogen and oxygen atoms in total. The normalized spacial score (nSPS) is 16.5. The highest BCUT2D eigenvalue weighted by atomic mass is 32.2. The molecule has 2 aromatic rings. The molecular weight excluding hydrogens is 344 g/mol. The maximum Gasteiger partial charge on any atom is 0.267 e. The SMILES string of the molecule is CCNc1nc2ccc(C)cn2c(=O)c1C=C1SC(=S)N(C)C1=O. The molecule has 0 bridgehead atoms. The molecule has 2 aromatic heterocycles. The van der Waals surface area contributed by atoms with E-state index in [1.54, 1.807) is 25.4 Å². The molecule has 1 aliphatic rings. The quantitative estimate of drug-likeness (QED) is 0.669. The highest BCUT2D eigenvalue weighted by molar-refractivity contribution is 8.26. The predicted molar refractivity (Wildman–Crippen MR) is 101 cm³/mol. The summed E-state index contributed by atoms with van der Waals surface area (Å²) >= 11 is 6.32. The number of likely N-dealkylation sites (N-methyl/N-ethyl adjacent to an activating group) is 1. The molecule has 1 saturated heterocycles. The summed E-state index contributed by atoms with van der Waals surface area (Å²) in [5.41, 5.74) is 1.64. The average Bonchev–Trinajstić information content (AvgIpc) is 2.79. The van der Waals surface area contributed by atoms with E-state index in [2.05, 4.69) is 10.3 Å². The number of nitrogens with one attached hydrogen (secondary N) is 1. The number of hydrogen-bond acceptors (Lipinski definition) is 6. The maximum atomic E-state index is 12.9. The van der Waals surface area contributed by atoms with Crippen LogP contribution in [0.4, 0.5) is 5.82 Å². The Kier molecular flexibility index (Phi) is 4.42. The van der Waals surface area contributed by atoms with Crippen molar-refractivity contribution in [3.8, 4) is 0 Å². The minimum absolute atomic E-state index is 0.207. The second kappa shape index (κ2) is 6.37. The number of fused-ring (bicyclic) bond motifs is 1. The fraction of sp³-hybridized carbons (Fsp3) is 0.250. The number of carbonyl (C=O) groups is 1. The van der Waals surface area contributed by atoms with Crippen molar-refractivity contribution in [3.05, 3.63) is 44.7 Å². The number of aryl methyl sites for hydroxylation is 1. The number of rotatable bonds is 3. The van der Waals surface area contributed by atoms with Crippen molar-refractivity contribution in [1.29, 1.82) is 0 Å². The standard InChI is InChI=1S/C16H16N4O2S2/c1-4-17-13-10(7-11-15(22)19(3)16(23)24-11)14(21)20-8-9(2)5-6-12(20)18-13/h5-8,17H,4H2,1-3H3. The number of aromatic nitrogens is 2. The topological polar surface area (TPSA) is 66.7 Å². The fourth-order valence-corrected chi connectivity index (χ4v) is 3.53. The van der Waals surface area contributed by atoms with Gasteiger partial charge in [-0.1, -0.05) is 30.0 Å². The zero-order chi connectivity index (χ0) is 17.4. The van der Waals surface area contributed by atoms with Crippen LogP contribution in [0.15, 0.2) is 28.0 Å². The van der Waals surface area contributed by atoms with Crippen LogP contribution in [-0.4, -0.2) is 38.1 Å². The molecular formula is C16H16N4O2S2. The van der Waals surface area contributed by atoms with Gasteiger partial charge in [0.1, 0.15) is 15.8 Å². The van der Waals surface area contributed by atoms with Crippen molar-refractivity contribution in [2.45, 2.75) is 13.8 Å². The number of pyridine rings is 1. The van der Waals surface area contributed by atoms with Crippen LogP contribution in [0, 0.1) is 6.92 Å². The molecule has 0 aliphatic carbocycles. The second-order valence-electron chi connectivity index (χ2n) is 5.38. The van der Waals surface area contributed by atoms with Crippen LogP contribution in [0.3, 0.4) is 0 Å². The summed E-state index contributed by atoms with van der Waals surface area (Å²) in [5.74, 6) is 0.258. The Hall–Kier alpha value is -2.19. The van der Waals surface area contributed by atoms with Gasteiger partial charge in [0.25, 0.3) is 11.5 Å². The van der Waals surface area contributed by atoms with Crippen molar-refractivity contribution in [1.82, 2.24) is 14.3 Å². The molecule has 1 amide bonds. The molecule has 0 unspecified atom stereocenters. The third kappa shape index (κ3) is 2.83. The largest absolute Gasteiger partial charge is 0.370 e. The predicted octanol–water partition coefficient (Wildman–Crippen LogP) is 2.27. The highest BCUT2D eigenvalue weighted by Crippen LogP contribution is 2.31. The van der Waals surface area contributed by atoms with Gasteiger partial charge in [-0.05, 0) is 31.6 Å². The van der Waals surface area contributed by atoms with Crippen molar-refractivity contribution < 1.29 is 4.79 Å². The lowest BCUT2D eigenvalue weighted by Gasteiger charge is -2.10. The van der Waals surface area contributed by atoms with Gasteiger partial charge in [0, 0.05) is 19.8 Å². The van der Waals surface area contributed by atoms with Gasteiger partial charge in [-0.3, -0.25) is 18.9 Å². The van der Waals surface area contributed by atoms with Gasteiger partial charge in [-0.2, -0.15) is 0 Å². The zero-order valence-corrected chi connectivity index (χ0v) is 15.1. The lowest BCUT2D eigenvalue weighted by atomic mass is 10.2. The molecule has 3 rings (SSSR count). The van der Waals surface area contributed by atoms with Crippen LogP contribution >= 0.6 is 24.0 Å². The summed E-state index contributed by atoms with van der Waals surface area (Å²) in [4.78, 5) is 31.5. The smallest absolute Gasteiger partial charge is 0.267 e. The van der Waals surface area contributed by atoms with Crippen molar-refractivity contribution in [3.63, 3.8) is 0 Å². The maximum absolute atomic E-state index is 12.9. The number of amides is 1. The monoisotopic (exact) mass is 360 g/mol. The first-order valence-electron chi connectivity index (χ1n) is 7.41. The molecule has 1 fully saturated rings. The number of hydrogen-bond donors (Lipinski definition) is 1. The van der Waals surface area contributed by atoms with Crippen LogP contribution in [-0.2, 0) is 4.79 Å². The van der Waals surface area contributed by atoms with Gasteiger partial charge in [0.05, 0.1) is 10.5 Å². The van der Waals surface area contributed by atoms with Gasteiger partial charge in [-0.25, -0.2) is 4.98 Å². The van der Waals surface area contributed by atoms with Crippen molar-refractivity contribution >= 4 is 51.7 Å². The Morgan fingerprint density at radius 1 is 1.38 bits per heavy atom. The first-order chi connectivity index (χ1) is 11.4. The minimum atomic E-state index is -0.221. The van der Waals surface area contributed by atoms with Gasteiger partial charge in [0.2, 0.25) is 0 Å². The molecule has 1 aliphatic heterocycles. The first-order valence-corrected chi connectivity index (χ1v) is 8.63. The van der Waals surface area contributed by atoms with E-state index < -0.39 is 0 Å². The van der Waals surface area contributed by atoms with E-state index in [-0.39, 0.29) is 11.5 Å². The molecule has 0 atom stereocenters. The van der Waals surface area contributed by atoms with E-state index in [9.17, 15) is 9.59 Å². The van der Waals surface area contributed by atoms with Crippen molar-refractivity contribution in [2.24, 2.45) is 0 Å². The number of nitrogens with zero attached hydrogens (tertiary/aromatic N) is 3. The minimum Gasteiger partial charge on any atom is -0.370 e. The summed E-state index contributed by atoms with van der Waals surface area (Å²) in [6, 6.07) is 3.70. The molecule has 3 heterocycles. The third-order valence-corrected chi connectivity index (χ3v) is 5.10. The van der Waals surface area contributed by atoms with E-state index >= 15 is 0 Å². The Labute approximate surface area is 148 Å². The van der Waals surface area contributed by atoms with Crippen LogP contribution in [0.2, 0.25) is 0 Å². The molecule has 1 N–H and O–H groups in total. The van der Waals surface area contributed by atoms with Crippen LogP contribution in [0.25, 0.3) is 11.7 Å². The first kappa shape index (κ1) is 16.7. The number of carbonyl (C=O) groups excluding carboxylic acids is 1. The number of anilines is 1. The Morgan fingerprint density at radius 2 is 2.12 bits per heavy atom. The summed E-state index contributed by atoms with van der Waals surface area (Å²) in [6.07, 6.45) is 3.31. The molecule has 0 aromatic carbocycles. The Bertz CT molecular complexity index is 949. The fourth-order valence-electron chi connectivity index (χ4n) is 2.37. The molecule has 0 saturated carbocycles. The Morgan fingerprint density at radius 3 is 2.75 bits per heavy atom. The zero-order valence-electron chi connectivity index (χ0n) is 13.5. The summed E-state index contributed by atoms with van der Waals surface area (Å²) in [6.45, 7) is 4.45. The van der Waals surface area contributed by atoms with Gasteiger partial charge < -0.3 is 5.32 Å². The summed E-state index contributed by atoms with van der Waals surface area (Å²) in [7, 11) is 1.62. The van der Waals surface area contributed by atoms with Crippen LogP contribution < -0.4 is 10.9 Å².